The molecule has 0 fully saturated rings. The fourth-order valence-electron chi connectivity index (χ4n) is 1.31. The Labute approximate surface area is 82.9 Å². The van der Waals surface area contributed by atoms with Gasteiger partial charge in [0.1, 0.15) is 11.3 Å². The largest absolute Gasteiger partial charge is 0.477 e. The lowest BCUT2D eigenvalue weighted by atomic mass is 10.00. The summed E-state index contributed by atoms with van der Waals surface area (Å²) >= 11 is 0. The molecule has 14 heavy (non-hydrogen) atoms. The molecule has 0 bridgehead atoms. The van der Waals surface area contributed by atoms with E-state index in [-0.39, 0.29) is 5.56 Å². The maximum atomic E-state index is 10.9. The van der Waals surface area contributed by atoms with Crippen LogP contribution in [0.25, 0.3) is 0 Å². The Morgan fingerprint density at radius 3 is 2.79 bits per heavy atom. The van der Waals surface area contributed by atoms with E-state index < -0.39 is 5.97 Å². The minimum absolute atomic E-state index is 0.227. The standard InChI is InChI=1S/C10H15NO3/c1-4-6(2)5-8-9(10(12)13)7(3)14-11-8/h6H,4-5H2,1-3H3,(H,12,13). The summed E-state index contributed by atoms with van der Waals surface area (Å²) in [4.78, 5) is 10.9. The minimum atomic E-state index is -0.956. The van der Waals surface area contributed by atoms with E-state index in [1.165, 1.54) is 0 Å². The normalized spacial score (nSPS) is 12.8. The number of hydrogen-bond acceptors (Lipinski definition) is 3. The van der Waals surface area contributed by atoms with Gasteiger partial charge in [0.15, 0.2) is 0 Å². The SMILES string of the molecule is CCC(C)Cc1noc(C)c1C(=O)O. The Morgan fingerprint density at radius 1 is 1.64 bits per heavy atom. The maximum Gasteiger partial charge on any atom is 0.341 e. The molecule has 0 aliphatic rings. The van der Waals surface area contributed by atoms with Crippen LogP contribution in [0.5, 0.6) is 0 Å². The van der Waals surface area contributed by atoms with Gasteiger partial charge < -0.3 is 9.63 Å². The minimum Gasteiger partial charge on any atom is -0.477 e. The number of carboxylic acids is 1. The second-order valence-electron chi connectivity index (χ2n) is 3.58. The Hall–Kier alpha value is -1.32. The van der Waals surface area contributed by atoms with Crippen molar-refractivity contribution in [3.05, 3.63) is 17.0 Å². The van der Waals surface area contributed by atoms with E-state index in [1.54, 1.807) is 6.92 Å². The highest BCUT2D eigenvalue weighted by Crippen LogP contribution is 2.18. The van der Waals surface area contributed by atoms with Gasteiger partial charge in [-0.2, -0.15) is 0 Å². The maximum absolute atomic E-state index is 10.9. The number of carboxylic acid groups (broad SMARTS) is 1. The van der Waals surface area contributed by atoms with Crippen molar-refractivity contribution in [2.45, 2.75) is 33.6 Å². The van der Waals surface area contributed by atoms with E-state index in [9.17, 15) is 4.79 Å². The van der Waals surface area contributed by atoms with Gasteiger partial charge in [0, 0.05) is 0 Å². The van der Waals surface area contributed by atoms with Crippen LogP contribution in [0.4, 0.5) is 0 Å². The summed E-state index contributed by atoms with van der Waals surface area (Å²) in [6.45, 7) is 5.75. The third kappa shape index (κ3) is 2.13. The first-order chi connectivity index (χ1) is 6.56. The van der Waals surface area contributed by atoms with Gasteiger partial charge in [-0.3, -0.25) is 0 Å². The summed E-state index contributed by atoms with van der Waals surface area (Å²) in [6, 6.07) is 0. The van der Waals surface area contributed by atoms with Crippen LogP contribution in [-0.2, 0) is 6.42 Å². The molecule has 1 heterocycles. The Morgan fingerprint density at radius 2 is 2.29 bits per heavy atom. The van der Waals surface area contributed by atoms with Crippen LogP contribution in [0, 0.1) is 12.8 Å². The van der Waals surface area contributed by atoms with E-state index >= 15 is 0 Å². The summed E-state index contributed by atoms with van der Waals surface area (Å²) in [5.74, 6) is -0.143. The Kier molecular flexibility index (Phi) is 3.28. The smallest absolute Gasteiger partial charge is 0.341 e. The molecule has 0 spiro atoms. The molecule has 0 aliphatic carbocycles. The predicted molar refractivity (Wildman–Crippen MR) is 51.4 cm³/mol. The van der Waals surface area contributed by atoms with Crippen LogP contribution in [0.1, 0.15) is 42.1 Å². The first-order valence-corrected chi connectivity index (χ1v) is 4.74. The summed E-state index contributed by atoms with van der Waals surface area (Å²) in [6.07, 6.45) is 1.67. The number of nitrogens with zero attached hydrogens (tertiary/aromatic N) is 1. The lowest BCUT2D eigenvalue weighted by Gasteiger charge is -2.04. The highest BCUT2D eigenvalue weighted by atomic mass is 16.5. The van der Waals surface area contributed by atoms with Gasteiger partial charge in [-0.15, -0.1) is 0 Å². The summed E-state index contributed by atoms with van der Waals surface area (Å²) in [5.41, 5.74) is 0.787. The Bertz CT molecular complexity index is 330. The van der Waals surface area contributed by atoms with Crippen molar-refractivity contribution >= 4 is 5.97 Å². The van der Waals surface area contributed by atoms with Crippen LogP contribution in [0.15, 0.2) is 4.52 Å². The lowest BCUT2D eigenvalue weighted by molar-refractivity contribution is 0.0694. The summed E-state index contributed by atoms with van der Waals surface area (Å²) in [5, 5.41) is 12.7. The van der Waals surface area contributed by atoms with E-state index in [0.717, 1.165) is 6.42 Å². The van der Waals surface area contributed by atoms with Crippen molar-refractivity contribution < 1.29 is 14.4 Å². The third-order valence-corrected chi connectivity index (χ3v) is 2.39. The second-order valence-corrected chi connectivity index (χ2v) is 3.58. The fraction of sp³-hybridized carbons (Fsp3) is 0.600. The molecule has 0 amide bonds. The van der Waals surface area contributed by atoms with Crippen LogP contribution in [0.3, 0.4) is 0 Å². The van der Waals surface area contributed by atoms with Crippen LogP contribution in [-0.4, -0.2) is 16.2 Å². The predicted octanol–water partition coefficient (Wildman–Crippen LogP) is 2.27. The molecule has 1 unspecified atom stereocenters. The topological polar surface area (TPSA) is 63.3 Å². The monoisotopic (exact) mass is 197 g/mol. The molecule has 0 aliphatic heterocycles. The summed E-state index contributed by atoms with van der Waals surface area (Å²) < 4.78 is 4.87. The van der Waals surface area contributed by atoms with Crippen LogP contribution < -0.4 is 0 Å². The number of aryl methyl sites for hydroxylation is 1. The van der Waals surface area contributed by atoms with E-state index in [1.807, 2.05) is 0 Å². The van der Waals surface area contributed by atoms with Crippen molar-refractivity contribution in [1.29, 1.82) is 0 Å². The number of rotatable bonds is 4. The van der Waals surface area contributed by atoms with Gasteiger partial charge in [0.05, 0.1) is 5.69 Å². The van der Waals surface area contributed by atoms with E-state index in [0.29, 0.717) is 23.8 Å². The van der Waals surface area contributed by atoms with Gasteiger partial charge in [0.2, 0.25) is 0 Å². The lowest BCUT2D eigenvalue weighted by Crippen LogP contribution is -2.06. The third-order valence-electron chi connectivity index (χ3n) is 2.39. The molecule has 0 aromatic carbocycles. The van der Waals surface area contributed by atoms with Crippen molar-refractivity contribution in [3.63, 3.8) is 0 Å². The van der Waals surface area contributed by atoms with Gasteiger partial charge in [-0.1, -0.05) is 25.4 Å². The molecule has 0 radical (unpaired) electrons. The molecule has 0 saturated heterocycles. The van der Waals surface area contributed by atoms with Crippen molar-refractivity contribution in [1.82, 2.24) is 5.16 Å². The molecular weight excluding hydrogens is 182 g/mol. The summed E-state index contributed by atoms with van der Waals surface area (Å²) in [7, 11) is 0. The Balaban J connectivity index is 2.92. The van der Waals surface area contributed by atoms with Crippen LogP contribution in [0.2, 0.25) is 0 Å². The fourth-order valence-corrected chi connectivity index (χ4v) is 1.31. The van der Waals surface area contributed by atoms with Gasteiger partial charge in [-0.25, -0.2) is 4.79 Å². The first kappa shape index (κ1) is 10.8. The number of hydrogen-bond donors (Lipinski definition) is 1. The van der Waals surface area contributed by atoms with Gasteiger partial charge in [0.25, 0.3) is 0 Å². The number of aromatic carboxylic acids is 1. The molecule has 1 aromatic heterocycles. The highest BCUT2D eigenvalue weighted by molar-refractivity contribution is 5.89. The molecule has 1 N–H and O–H groups in total. The van der Waals surface area contributed by atoms with Crippen molar-refractivity contribution in [2.75, 3.05) is 0 Å². The molecule has 1 rings (SSSR count). The quantitative estimate of drug-likeness (QED) is 0.804. The second kappa shape index (κ2) is 4.26. The van der Waals surface area contributed by atoms with Gasteiger partial charge in [-0.05, 0) is 19.3 Å². The number of carbonyl (C=O) groups is 1. The molecule has 4 heteroatoms. The molecular formula is C10H15NO3. The van der Waals surface area contributed by atoms with Crippen molar-refractivity contribution in [2.24, 2.45) is 5.92 Å². The molecule has 4 nitrogen and oxygen atoms in total. The average molecular weight is 197 g/mol. The van der Waals surface area contributed by atoms with Crippen molar-refractivity contribution in [3.8, 4) is 0 Å². The molecule has 1 atom stereocenters. The first-order valence-electron chi connectivity index (χ1n) is 4.74. The van der Waals surface area contributed by atoms with Crippen LogP contribution >= 0.6 is 0 Å². The zero-order valence-electron chi connectivity index (χ0n) is 8.70. The zero-order valence-corrected chi connectivity index (χ0v) is 8.70. The molecule has 0 saturated carbocycles. The van der Waals surface area contributed by atoms with E-state index in [4.69, 9.17) is 9.63 Å². The van der Waals surface area contributed by atoms with Gasteiger partial charge >= 0.3 is 5.97 Å². The number of aromatic nitrogens is 1. The highest BCUT2D eigenvalue weighted by Gasteiger charge is 2.20. The average Bonchev–Trinajstić information content (AvgIpc) is 2.46. The molecule has 78 valence electrons. The van der Waals surface area contributed by atoms with E-state index in [2.05, 4.69) is 19.0 Å². The zero-order chi connectivity index (χ0) is 10.7. The molecule has 1 aromatic rings.